The van der Waals surface area contributed by atoms with Gasteiger partial charge in [0.1, 0.15) is 0 Å². The maximum atomic E-state index is 7.55. The predicted octanol–water partition coefficient (Wildman–Crippen LogP) is 7.91. The van der Waals surface area contributed by atoms with Gasteiger partial charge in [-0.25, -0.2) is 0 Å². The van der Waals surface area contributed by atoms with Crippen molar-refractivity contribution >= 4 is 29.8 Å². The van der Waals surface area contributed by atoms with Crippen LogP contribution in [0.25, 0.3) is 0 Å². The Bertz CT molecular complexity index is 429. The summed E-state index contributed by atoms with van der Waals surface area (Å²) >= 11 is -2.93. The van der Waals surface area contributed by atoms with Gasteiger partial charge in [-0.05, 0) is 0 Å². The first kappa shape index (κ1) is 22.2. The molecule has 3 rings (SSSR count). The van der Waals surface area contributed by atoms with Crippen molar-refractivity contribution in [3.8, 4) is 0 Å². The average Bonchev–Trinajstić information content (AvgIpc) is 2.69. The van der Waals surface area contributed by atoms with Crippen LogP contribution < -0.4 is 0 Å². The molecule has 157 valence electrons. The molecule has 0 N–H and O–H groups in total. The molecule has 0 aliphatic heterocycles. The topological polar surface area (TPSA) is 9.23 Å². The molecule has 0 saturated heterocycles. The minimum atomic E-state index is -2.93. The Labute approximate surface area is 172 Å². The Balaban J connectivity index is 2.08. The molecule has 0 atom stereocenters. The Morgan fingerprint density at radius 2 is 1.08 bits per heavy atom. The maximum absolute atomic E-state index is 7.55. The second-order valence-electron chi connectivity index (χ2n) is 8.79. The summed E-state index contributed by atoms with van der Waals surface area (Å²) < 4.78 is 5.90. The van der Waals surface area contributed by atoms with Gasteiger partial charge < -0.3 is 0 Å². The van der Waals surface area contributed by atoms with Gasteiger partial charge in [-0.15, -0.1) is 0 Å². The standard InChI is InChI=1S/C18H33P.C3H6O.2ClH.Ru/c1-4-10-16(11-5-1)19(17-12-6-2-7-13-17)18-14-8-3-9-15-18;1-3-4-2;;;/h16-18H,1-15H2;2H,3H2,1H3;2*1H;/q;;;;+1/p-1. The molecule has 0 unspecified atom stereocenters. The molecule has 3 aliphatic carbocycles. The first-order chi connectivity index (χ1) is 12.6. The quantitative estimate of drug-likeness (QED) is 0.260. The predicted molar refractivity (Wildman–Crippen MR) is 118 cm³/mol. The number of hydrogen-bond donors (Lipinski definition) is 0. The van der Waals surface area contributed by atoms with E-state index in [4.69, 9.17) is 24.1 Å². The number of rotatable bonds is 6. The molecule has 0 aromatic carbocycles. The third kappa shape index (κ3) is 4.61. The van der Waals surface area contributed by atoms with Crippen molar-refractivity contribution in [3.05, 3.63) is 0 Å². The number of ether oxygens (including phenoxy) is 1. The van der Waals surface area contributed by atoms with E-state index in [0.29, 0.717) is 6.61 Å². The zero-order valence-electron chi connectivity index (χ0n) is 16.6. The SMILES string of the molecule is CCO[CH]=[Ru]([Cl])([Cl])[PH](C1CCCCC1)(C1CCCCC1)C1CCCCC1. The van der Waals surface area contributed by atoms with E-state index in [1.807, 2.05) is 0 Å². The molecule has 3 fully saturated rings. The zero-order valence-corrected chi connectivity index (χ0v) is 20.9. The Hall–Kier alpha value is 1.46. The van der Waals surface area contributed by atoms with E-state index in [1.165, 1.54) is 96.3 Å². The molecule has 0 radical (unpaired) electrons. The summed E-state index contributed by atoms with van der Waals surface area (Å²) in [5, 5.41) is 0. The molecular formula is C21H40Cl2OPRu. The van der Waals surface area contributed by atoms with Gasteiger partial charge in [0.2, 0.25) is 0 Å². The molecule has 0 bridgehead atoms. The zero-order chi connectivity index (χ0) is 18.5. The van der Waals surface area contributed by atoms with E-state index < -0.39 is 17.5 Å². The Morgan fingerprint density at radius 3 is 1.38 bits per heavy atom. The summed E-state index contributed by atoms with van der Waals surface area (Å²) in [5.74, 6) is 0. The van der Waals surface area contributed by atoms with Crippen molar-refractivity contribution in [1.82, 2.24) is 0 Å². The summed E-state index contributed by atoms with van der Waals surface area (Å²) in [5.41, 5.74) is 0.790. The number of hydrogen-bond acceptors (Lipinski definition) is 1. The van der Waals surface area contributed by atoms with Crippen LogP contribution in [0.5, 0.6) is 0 Å². The Morgan fingerprint density at radius 1 is 0.731 bits per heavy atom. The first-order valence-electron chi connectivity index (χ1n) is 11.2. The molecule has 26 heavy (non-hydrogen) atoms. The summed E-state index contributed by atoms with van der Waals surface area (Å²) in [6, 6.07) is 0. The van der Waals surface area contributed by atoms with E-state index >= 15 is 0 Å². The summed E-state index contributed by atoms with van der Waals surface area (Å²) in [6.07, 6.45) is 21.3. The molecular weight excluding hydrogens is 471 g/mol. The third-order valence-electron chi connectivity index (χ3n) is 7.40. The monoisotopic (exact) mass is 511 g/mol. The summed E-state index contributed by atoms with van der Waals surface area (Å²) in [4.78, 5) is 2.07. The van der Waals surface area contributed by atoms with Gasteiger partial charge >= 0.3 is 173 Å². The fourth-order valence-corrected chi connectivity index (χ4v) is 40.8. The van der Waals surface area contributed by atoms with E-state index in [2.05, 4.69) is 11.7 Å². The van der Waals surface area contributed by atoms with Crippen molar-refractivity contribution < 1.29 is 16.6 Å². The second kappa shape index (κ2) is 10.5. The summed E-state index contributed by atoms with van der Waals surface area (Å²) in [6.45, 7) is 2.79. The van der Waals surface area contributed by atoms with Crippen molar-refractivity contribution in [1.29, 1.82) is 0 Å². The fraction of sp³-hybridized carbons (Fsp3) is 0.952. The molecule has 0 heterocycles. The van der Waals surface area contributed by atoms with Gasteiger partial charge in [0.05, 0.1) is 0 Å². The van der Waals surface area contributed by atoms with E-state index in [1.54, 1.807) is 0 Å². The van der Waals surface area contributed by atoms with Gasteiger partial charge in [-0.1, -0.05) is 0 Å². The van der Waals surface area contributed by atoms with Crippen molar-refractivity contribution in [3.63, 3.8) is 0 Å². The van der Waals surface area contributed by atoms with Crippen LogP contribution in [0.3, 0.4) is 0 Å². The van der Waals surface area contributed by atoms with Gasteiger partial charge in [0.15, 0.2) is 0 Å². The first-order valence-corrected chi connectivity index (χ1v) is 21.4. The van der Waals surface area contributed by atoms with Gasteiger partial charge in [0, 0.05) is 0 Å². The molecule has 1 nitrogen and oxygen atoms in total. The Kier molecular flexibility index (Phi) is 8.93. The van der Waals surface area contributed by atoms with Gasteiger partial charge in [-0.3, -0.25) is 0 Å². The normalized spacial score (nSPS) is 26.6. The summed E-state index contributed by atoms with van der Waals surface area (Å²) in [7, 11) is 15.1. The molecule has 3 saturated carbocycles. The van der Waals surface area contributed by atoms with Crippen LogP contribution in [0.15, 0.2) is 0 Å². The molecule has 0 amide bonds. The van der Waals surface area contributed by atoms with Crippen molar-refractivity contribution in [2.45, 2.75) is 120 Å². The molecule has 3 aliphatic rings. The van der Waals surface area contributed by atoms with E-state index in [-0.39, 0.29) is 0 Å². The van der Waals surface area contributed by atoms with Crippen LogP contribution in [-0.2, 0) is 16.6 Å². The van der Waals surface area contributed by atoms with Crippen LogP contribution in [0.2, 0.25) is 0 Å². The van der Waals surface area contributed by atoms with Crippen molar-refractivity contribution in [2.75, 3.05) is 6.61 Å². The fourth-order valence-electron chi connectivity index (χ4n) is 6.40. The molecule has 0 spiro atoms. The average molecular weight is 512 g/mol. The molecule has 5 heteroatoms. The van der Waals surface area contributed by atoms with Crippen molar-refractivity contribution in [2.24, 2.45) is 0 Å². The third-order valence-corrected chi connectivity index (χ3v) is 36.3. The van der Waals surface area contributed by atoms with Gasteiger partial charge in [0.25, 0.3) is 0 Å². The van der Waals surface area contributed by atoms with Crippen LogP contribution in [0.4, 0.5) is 0 Å². The second-order valence-corrected chi connectivity index (χ2v) is 31.7. The van der Waals surface area contributed by atoms with Crippen LogP contribution in [-0.4, -0.2) is 28.4 Å². The van der Waals surface area contributed by atoms with Gasteiger partial charge in [-0.2, -0.15) is 0 Å². The molecule has 0 aromatic heterocycles. The minimum absolute atomic E-state index is 0.715. The van der Waals surface area contributed by atoms with E-state index in [0.717, 1.165) is 17.0 Å². The van der Waals surface area contributed by atoms with Crippen LogP contribution in [0, 0.1) is 0 Å². The van der Waals surface area contributed by atoms with Crippen LogP contribution in [0.1, 0.15) is 103 Å². The van der Waals surface area contributed by atoms with E-state index in [9.17, 15) is 0 Å². The van der Waals surface area contributed by atoms with Crippen LogP contribution >= 0.6 is 25.0 Å². The molecule has 0 aromatic rings. The number of halogens is 2.